The van der Waals surface area contributed by atoms with Crippen LogP contribution >= 0.6 is 0 Å². The molecule has 2 aliphatic heterocycles. The van der Waals surface area contributed by atoms with Crippen LogP contribution in [-0.4, -0.2) is 76.4 Å². The molecule has 4 rings (SSSR count). The summed E-state index contributed by atoms with van der Waals surface area (Å²) in [5.74, 6) is 0.462. The number of carbonyl (C=O) groups excluding carboxylic acids is 1. The normalized spacial score (nSPS) is 18.3. The summed E-state index contributed by atoms with van der Waals surface area (Å²) in [4.78, 5) is 19.4. The highest BCUT2D eigenvalue weighted by molar-refractivity contribution is 5.97. The summed E-state index contributed by atoms with van der Waals surface area (Å²) in [6.45, 7) is 6.64. The van der Waals surface area contributed by atoms with Crippen LogP contribution in [0.25, 0.3) is 0 Å². The monoisotopic (exact) mass is 492 g/mol. The van der Waals surface area contributed by atoms with Crippen LogP contribution in [0.2, 0.25) is 0 Å². The number of carbonyl (C=O) groups is 1. The Morgan fingerprint density at radius 1 is 1.00 bits per heavy atom. The van der Waals surface area contributed by atoms with Gasteiger partial charge >= 0.3 is 6.18 Å². The lowest BCUT2D eigenvalue weighted by Crippen LogP contribution is -2.53. The first kappa shape index (κ1) is 25.1. The van der Waals surface area contributed by atoms with Crippen molar-refractivity contribution in [3.8, 4) is 5.75 Å². The van der Waals surface area contributed by atoms with E-state index in [2.05, 4.69) is 10.2 Å². The zero-order valence-corrected chi connectivity index (χ0v) is 20.0. The van der Waals surface area contributed by atoms with E-state index in [1.54, 1.807) is 14.0 Å². The highest BCUT2D eigenvalue weighted by Crippen LogP contribution is 2.36. The molecule has 2 heterocycles. The van der Waals surface area contributed by atoms with Crippen molar-refractivity contribution < 1.29 is 27.4 Å². The zero-order valence-electron chi connectivity index (χ0n) is 20.0. The van der Waals surface area contributed by atoms with Crippen LogP contribution in [0.1, 0.15) is 12.5 Å². The van der Waals surface area contributed by atoms with Crippen LogP contribution in [0.5, 0.6) is 5.75 Å². The number of hydrogen-bond acceptors (Lipinski definition) is 6. The number of piperazine rings is 1. The van der Waals surface area contributed by atoms with E-state index in [9.17, 15) is 18.0 Å². The third-order valence-corrected chi connectivity index (χ3v) is 6.59. The van der Waals surface area contributed by atoms with E-state index < -0.39 is 17.8 Å². The molecule has 0 saturated carbocycles. The number of alkyl halides is 3. The predicted molar refractivity (Wildman–Crippen MR) is 129 cm³/mol. The van der Waals surface area contributed by atoms with Crippen LogP contribution < -0.4 is 19.9 Å². The van der Waals surface area contributed by atoms with Crippen molar-refractivity contribution in [3.05, 3.63) is 48.0 Å². The van der Waals surface area contributed by atoms with Gasteiger partial charge in [-0.05, 0) is 37.3 Å². The summed E-state index contributed by atoms with van der Waals surface area (Å²) in [5, 5.41) is 2.78. The Labute approximate surface area is 203 Å². The minimum Gasteiger partial charge on any atom is -0.497 e. The van der Waals surface area contributed by atoms with Crippen LogP contribution in [0.15, 0.2) is 42.5 Å². The Morgan fingerprint density at radius 3 is 2.37 bits per heavy atom. The number of hydrogen-bond donors (Lipinski definition) is 1. The topological polar surface area (TPSA) is 57.3 Å². The largest absolute Gasteiger partial charge is 0.497 e. The third-order valence-electron chi connectivity index (χ3n) is 6.59. The fourth-order valence-electron chi connectivity index (χ4n) is 4.47. The smallest absolute Gasteiger partial charge is 0.416 e. The van der Waals surface area contributed by atoms with Crippen LogP contribution in [-0.2, 0) is 15.7 Å². The quantitative estimate of drug-likeness (QED) is 0.664. The second-order valence-electron chi connectivity index (χ2n) is 8.72. The summed E-state index contributed by atoms with van der Waals surface area (Å²) in [6, 6.07) is 10.9. The number of methoxy groups -OCH3 is 1. The number of anilines is 3. The van der Waals surface area contributed by atoms with E-state index in [0.29, 0.717) is 45.1 Å². The number of rotatable bonds is 6. The van der Waals surface area contributed by atoms with Crippen molar-refractivity contribution in [2.75, 3.05) is 74.7 Å². The first-order chi connectivity index (χ1) is 16.8. The van der Waals surface area contributed by atoms with Gasteiger partial charge in [-0.15, -0.1) is 0 Å². The van der Waals surface area contributed by atoms with E-state index in [0.717, 1.165) is 36.7 Å². The molecule has 35 heavy (non-hydrogen) atoms. The average molecular weight is 493 g/mol. The number of halogens is 3. The van der Waals surface area contributed by atoms with Gasteiger partial charge in [-0.3, -0.25) is 9.69 Å². The number of morpholine rings is 1. The van der Waals surface area contributed by atoms with Crippen LogP contribution in [0.3, 0.4) is 0 Å². The summed E-state index contributed by atoms with van der Waals surface area (Å²) < 4.78 is 50.8. The van der Waals surface area contributed by atoms with Gasteiger partial charge in [0.2, 0.25) is 5.91 Å². The van der Waals surface area contributed by atoms with Crippen molar-refractivity contribution in [1.82, 2.24) is 4.90 Å². The molecule has 0 spiro atoms. The molecule has 1 amide bonds. The minimum absolute atomic E-state index is 0.175. The maximum Gasteiger partial charge on any atom is 0.416 e. The maximum absolute atomic E-state index is 13.4. The molecular formula is C25H31F3N4O3. The van der Waals surface area contributed by atoms with Crippen molar-refractivity contribution in [2.24, 2.45) is 0 Å². The van der Waals surface area contributed by atoms with Crippen LogP contribution in [0.4, 0.5) is 30.2 Å². The lowest BCUT2D eigenvalue weighted by Gasteiger charge is -2.38. The fourth-order valence-corrected chi connectivity index (χ4v) is 4.47. The number of benzene rings is 2. The van der Waals surface area contributed by atoms with E-state index >= 15 is 0 Å². The molecule has 2 saturated heterocycles. The molecule has 1 atom stereocenters. The van der Waals surface area contributed by atoms with E-state index in [-0.39, 0.29) is 11.6 Å². The van der Waals surface area contributed by atoms with E-state index in [1.165, 1.54) is 6.07 Å². The highest BCUT2D eigenvalue weighted by Gasteiger charge is 2.33. The molecule has 10 heteroatoms. The van der Waals surface area contributed by atoms with Gasteiger partial charge in [0.05, 0.1) is 43.3 Å². The molecule has 0 radical (unpaired) electrons. The molecule has 2 fully saturated rings. The van der Waals surface area contributed by atoms with Crippen LogP contribution in [0, 0.1) is 0 Å². The molecule has 190 valence electrons. The van der Waals surface area contributed by atoms with E-state index in [1.807, 2.05) is 34.1 Å². The molecule has 0 unspecified atom stereocenters. The van der Waals surface area contributed by atoms with Gasteiger partial charge in [0, 0.05) is 51.0 Å². The molecule has 2 aromatic rings. The zero-order chi connectivity index (χ0) is 25.0. The highest BCUT2D eigenvalue weighted by atomic mass is 19.4. The number of amides is 1. The van der Waals surface area contributed by atoms with Crippen molar-refractivity contribution in [1.29, 1.82) is 0 Å². The predicted octanol–water partition coefficient (Wildman–Crippen LogP) is 3.70. The van der Waals surface area contributed by atoms with Gasteiger partial charge in [-0.25, -0.2) is 0 Å². The summed E-state index contributed by atoms with van der Waals surface area (Å²) in [6.07, 6.45) is -4.49. The molecule has 0 aromatic heterocycles. The number of nitrogens with one attached hydrogen (secondary N) is 1. The fraction of sp³-hybridized carbons (Fsp3) is 0.480. The lowest BCUT2D eigenvalue weighted by atomic mass is 10.1. The number of ether oxygens (including phenoxy) is 2. The third kappa shape index (κ3) is 5.99. The second-order valence-corrected chi connectivity index (χ2v) is 8.72. The van der Waals surface area contributed by atoms with E-state index in [4.69, 9.17) is 9.47 Å². The summed E-state index contributed by atoms with van der Waals surface area (Å²) in [5.41, 5.74) is 1.02. The standard InChI is InChI=1S/C25H31F3N4O3/c1-18(30-8-10-31(11-9-30)20-4-3-5-21(17-20)34-2)24(33)29-22-16-19(25(26,27)28)6-7-23(22)32-12-14-35-15-13-32/h3-7,16-18H,8-15H2,1-2H3,(H,29,33)/t18-/m1/s1. The Morgan fingerprint density at radius 2 is 1.71 bits per heavy atom. The van der Waals surface area contributed by atoms with Gasteiger partial charge in [0.1, 0.15) is 5.75 Å². The molecule has 2 aliphatic rings. The number of nitrogens with zero attached hydrogens (tertiary/aromatic N) is 3. The van der Waals surface area contributed by atoms with Gasteiger partial charge < -0.3 is 24.6 Å². The molecule has 0 aliphatic carbocycles. The molecule has 1 N–H and O–H groups in total. The Kier molecular flexibility index (Phi) is 7.71. The molecule has 0 bridgehead atoms. The van der Waals surface area contributed by atoms with Gasteiger partial charge in [0.25, 0.3) is 0 Å². The summed E-state index contributed by atoms with van der Waals surface area (Å²) >= 11 is 0. The molecule has 2 aromatic carbocycles. The second kappa shape index (κ2) is 10.7. The Bertz CT molecular complexity index is 1020. The first-order valence-electron chi connectivity index (χ1n) is 11.7. The van der Waals surface area contributed by atoms with Gasteiger partial charge in [0.15, 0.2) is 0 Å². The lowest BCUT2D eigenvalue weighted by molar-refractivity contribution is -0.137. The van der Waals surface area contributed by atoms with Gasteiger partial charge in [-0.2, -0.15) is 13.2 Å². The van der Waals surface area contributed by atoms with Crippen molar-refractivity contribution in [2.45, 2.75) is 19.1 Å². The van der Waals surface area contributed by atoms with Gasteiger partial charge in [-0.1, -0.05) is 6.07 Å². The minimum atomic E-state index is -4.49. The molecular weight excluding hydrogens is 461 g/mol. The van der Waals surface area contributed by atoms with Crippen molar-refractivity contribution >= 4 is 23.0 Å². The molecule has 7 nitrogen and oxygen atoms in total. The average Bonchev–Trinajstić information content (AvgIpc) is 2.88. The Hall–Kier alpha value is -2.98. The SMILES string of the molecule is COc1cccc(N2CCN([C@H](C)C(=O)Nc3cc(C(F)(F)F)ccc3N3CCOCC3)CC2)c1. The maximum atomic E-state index is 13.4. The van der Waals surface area contributed by atoms with Crippen molar-refractivity contribution in [3.63, 3.8) is 0 Å². The summed E-state index contributed by atoms with van der Waals surface area (Å²) in [7, 11) is 1.63. The first-order valence-corrected chi connectivity index (χ1v) is 11.7. The Balaban J connectivity index is 1.44.